The fourth-order valence-corrected chi connectivity index (χ4v) is 2.15. The van der Waals surface area contributed by atoms with Gasteiger partial charge in [0.2, 0.25) is 5.75 Å². The van der Waals surface area contributed by atoms with E-state index in [1.807, 2.05) is 0 Å². The highest BCUT2D eigenvalue weighted by Crippen LogP contribution is 2.35. The van der Waals surface area contributed by atoms with Crippen molar-refractivity contribution in [2.24, 2.45) is 0 Å². The smallest absolute Gasteiger partial charge is 0.340 e. The molecule has 2 aromatic rings. The summed E-state index contributed by atoms with van der Waals surface area (Å²) in [6.07, 6.45) is 0. The number of carboxylic acid groups (broad SMARTS) is 1. The first-order valence-electron chi connectivity index (χ1n) is 5.53. The monoisotopic (exact) mass is 355 g/mol. The van der Waals surface area contributed by atoms with Gasteiger partial charge in [0.05, 0.1) is 11.0 Å². The molecule has 0 aliphatic rings. The maximum atomic E-state index is 13.1. The van der Waals surface area contributed by atoms with Gasteiger partial charge in [0.1, 0.15) is 17.1 Å². The van der Waals surface area contributed by atoms with Crippen LogP contribution in [0.4, 0.5) is 10.1 Å². The Morgan fingerprint density at radius 1 is 1.29 bits per heavy atom. The van der Waals surface area contributed by atoms with Crippen LogP contribution in [-0.2, 0) is 0 Å². The SMILES string of the molecule is O=C(O)c1c(Br)cccc1Oc1ccc(F)cc1[N+](=O)[O-]. The van der Waals surface area contributed by atoms with Gasteiger partial charge in [-0.1, -0.05) is 6.07 Å². The van der Waals surface area contributed by atoms with Crippen molar-refractivity contribution in [3.05, 3.63) is 62.4 Å². The summed E-state index contributed by atoms with van der Waals surface area (Å²) in [7, 11) is 0. The molecule has 0 saturated carbocycles. The first-order chi connectivity index (χ1) is 9.90. The quantitative estimate of drug-likeness (QED) is 0.661. The minimum absolute atomic E-state index is 0.0911. The Balaban J connectivity index is 2.51. The Kier molecular flexibility index (Phi) is 4.18. The number of hydrogen-bond acceptors (Lipinski definition) is 4. The van der Waals surface area contributed by atoms with E-state index in [2.05, 4.69) is 15.9 Å². The van der Waals surface area contributed by atoms with Gasteiger partial charge in [0.25, 0.3) is 0 Å². The number of nitro groups is 1. The third-order valence-electron chi connectivity index (χ3n) is 2.53. The van der Waals surface area contributed by atoms with Gasteiger partial charge in [0.15, 0.2) is 0 Å². The summed E-state index contributed by atoms with van der Waals surface area (Å²) in [4.78, 5) is 21.3. The predicted molar refractivity (Wildman–Crippen MR) is 74.2 cm³/mol. The zero-order chi connectivity index (χ0) is 15.6. The van der Waals surface area contributed by atoms with E-state index in [1.165, 1.54) is 18.2 Å². The number of halogens is 2. The fraction of sp³-hybridized carbons (Fsp3) is 0. The molecule has 6 nitrogen and oxygen atoms in total. The highest BCUT2D eigenvalue weighted by atomic mass is 79.9. The van der Waals surface area contributed by atoms with E-state index in [1.54, 1.807) is 0 Å². The molecular weight excluding hydrogens is 349 g/mol. The van der Waals surface area contributed by atoms with Gasteiger partial charge in [-0.05, 0) is 40.2 Å². The Morgan fingerprint density at radius 3 is 2.62 bits per heavy atom. The fourth-order valence-electron chi connectivity index (χ4n) is 1.63. The Bertz CT molecular complexity index is 734. The van der Waals surface area contributed by atoms with E-state index >= 15 is 0 Å². The van der Waals surface area contributed by atoms with Crippen LogP contribution in [0.1, 0.15) is 10.4 Å². The molecule has 0 bridgehead atoms. The molecule has 0 amide bonds. The van der Waals surface area contributed by atoms with E-state index in [0.717, 1.165) is 12.1 Å². The predicted octanol–water partition coefficient (Wildman–Crippen LogP) is 3.99. The van der Waals surface area contributed by atoms with Crippen molar-refractivity contribution in [1.82, 2.24) is 0 Å². The van der Waals surface area contributed by atoms with Gasteiger partial charge in [-0.15, -0.1) is 0 Å². The van der Waals surface area contributed by atoms with E-state index in [-0.39, 0.29) is 21.5 Å². The number of hydrogen-bond donors (Lipinski definition) is 1. The third kappa shape index (κ3) is 3.16. The molecule has 0 aliphatic heterocycles. The summed E-state index contributed by atoms with van der Waals surface area (Å²) in [5.41, 5.74) is -0.776. The summed E-state index contributed by atoms with van der Waals surface area (Å²) in [5, 5.41) is 20.0. The maximum Gasteiger partial charge on any atom is 0.340 e. The lowest BCUT2D eigenvalue weighted by molar-refractivity contribution is -0.385. The first kappa shape index (κ1) is 14.9. The van der Waals surface area contributed by atoms with Crippen molar-refractivity contribution >= 4 is 27.6 Å². The van der Waals surface area contributed by atoms with Crippen LogP contribution in [0, 0.1) is 15.9 Å². The summed E-state index contributed by atoms with van der Waals surface area (Å²) in [6, 6.07) is 7.12. The molecule has 0 radical (unpaired) electrons. The van der Waals surface area contributed by atoms with Crippen molar-refractivity contribution in [3.8, 4) is 11.5 Å². The number of benzene rings is 2. The Hall–Kier alpha value is -2.48. The zero-order valence-electron chi connectivity index (χ0n) is 10.2. The molecule has 0 aliphatic carbocycles. The third-order valence-corrected chi connectivity index (χ3v) is 3.19. The lowest BCUT2D eigenvalue weighted by Gasteiger charge is -2.10. The number of carbonyl (C=O) groups is 1. The number of carboxylic acids is 1. The van der Waals surface area contributed by atoms with E-state index in [4.69, 9.17) is 9.84 Å². The summed E-state index contributed by atoms with van der Waals surface area (Å²) < 4.78 is 18.6. The molecule has 0 heterocycles. The molecule has 0 aromatic heterocycles. The van der Waals surface area contributed by atoms with Crippen LogP contribution < -0.4 is 4.74 Å². The van der Waals surface area contributed by atoms with Crippen molar-refractivity contribution in [2.75, 3.05) is 0 Å². The minimum atomic E-state index is -1.26. The number of nitrogens with zero attached hydrogens (tertiary/aromatic N) is 1. The molecule has 0 atom stereocenters. The van der Waals surface area contributed by atoms with Gasteiger partial charge in [-0.25, -0.2) is 9.18 Å². The molecule has 2 rings (SSSR count). The van der Waals surface area contributed by atoms with Gasteiger partial charge in [-0.2, -0.15) is 0 Å². The van der Waals surface area contributed by atoms with Crippen molar-refractivity contribution < 1.29 is 24.0 Å². The van der Waals surface area contributed by atoms with Gasteiger partial charge >= 0.3 is 11.7 Å². The molecule has 2 aromatic carbocycles. The highest BCUT2D eigenvalue weighted by molar-refractivity contribution is 9.10. The highest BCUT2D eigenvalue weighted by Gasteiger charge is 2.21. The normalized spacial score (nSPS) is 10.2. The first-order valence-corrected chi connectivity index (χ1v) is 6.33. The standard InChI is InChI=1S/C13H7BrFNO5/c14-8-2-1-3-11(12(8)13(17)18)21-10-5-4-7(15)6-9(10)16(19)20/h1-6H,(H,17,18). The van der Waals surface area contributed by atoms with Gasteiger partial charge in [0, 0.05) is 4.47 Å². The minimum Gasteiger partial charge on any atom is -0.478 e. The molecule has 0 unspecified atom stereocenters. The van der Waals surface area contributed by atoms with Crippen molar-refractivity contribution in [3.63, 3.8) is 0 Å². The van der Waals surface area contributed by atoms with Crippen LogP contribution in [0.5, 0.6) is 11.5 Å². The molecule has 21 heavy (non-hydrogen) atoms. The van der Waals surface area contributed by atoms with Crippen LogP contribution in [-0.4, -0.2) is 16.0 Å². The van der Waals surface area contributed by atoms with Crippen molar-refractivity contribution in [1.29, 1.82) is 0 Å². The average Bonchev–Trinajstić information content (AvgIpc) is 2.40. The van der Waals surface area contributed by atoms with Crippen molar-refractivity contribution in [2.45, 2.75) is 0 Å². The lowest BCUT2D eigenvalue weighted by atomic mass is 10.2. The molecule has 0 spiro atoms. The second-order valence-corrected chi connectivity index (χ2v) is 4.74. The molecule has 8 heteroatoms. The van der Waals surface area contributed by atoms with E-state index in [0.29, 0.717) is 6.07 Å². The van der Waals surface area contributed by atoms with Crippen LogP contribution in [0.3, 0.4) is 0 Å². The molecule has 0 fully saturated rings. The van der Waals surface area contributed by atoms with E-state index in [9.17, 15) is 19.3 Å². The number of rotatable bonds is 4. The average molecular weight is 356 g/mol. The van der Waals surface area contributed by atoms with Gasteiger partial charge < -0.3 is 9.84 Å². The van der Waals surface area contributed by atoms with Gasteiger partial charge in [-0.3, -0.25) is 10.1 Å². The van der Waals surface area contributed by atoms with Crippen LogP contribution in [0.15, 0.2) is 40.9 Å². The van der Waals surface area contributed by atoms with Crippen LogP contribution in [0.2, 0.25) is 0 Å². The van der Waals surface area contributed by atoms with Crippen LogP contribution >= 0.6 is 15.9 Å². The number of nitro benzene ring substituents is 1. The maximum absolute atomic E-state index is 13.1. The molecule has 1 N–H and O–H groups in total. The second kappa shape index (κ2) is 5.88. The topological polar surface area (TPSA) is 89.7 Å². The molecular formula is C13H7BrFNO5. The number of aromatic carboxylic acids is 1. The Morgan fingerprint density at radius 2 is 2.00 bits per heavy atom. The second-order valence-electron chi connectivity index (χ2n) is 3.89. The summed E-state index contributed by atoms with van der Waals surface area (Å²) in [6.45, 7) is 0. The lowest BCUT2D eigenvalue weighted by Crippen LogP contribution is -2.02. The Labute approximate surface area is 126 Å². The zero-order valence-corrected chi connectivity index (χ0v) is 11.8. The molecule has 0 saturated heterocycles. The summed E-state index contributed by atoms with van der Waals surface area (Å²) in [5.74, 6) is -2.39. The summed E-state index contributed by atoms with van der Waals surface area (Å²) >= 11 is 3.07. The van der Waals surface area contributed by atoms with Crippen LogP contribution in [0.25, 0.3) is 0 Å². The number of ether oxygens (including phenoxy) is 1. The van der Waals surface area contributed by atoms with E-state index < -0.39 is 22.4 Å². The largest absolute Gasteiger partial charge is 0.478 e. The molecule has 108 valence electrons.